The number of carbonyl (C=O) groups excluding carboxylic acids is 1. The third kappa shape index (κ3) is 2.19. The first-order valence-electron chi connectivity index (χ1n) is 4.44. The molecule has 0 aromatic heterocycles. The highest BCUT2D eigenvalue weighted by atomic mass is 16.5. The zero-order valence-corrected chi connectivity index (χ0v) is 7.45. The number of carbonyl (C=O) groups is 1. The van der Waals surface area contributed by atoms with E-state index in [0.717, 1.165) is 25.9 Å². The van der Waals surface area contributed by atoms with Crippen molar-refractivity contribution in [1.29, 1.82) is 0 Å². The fourth-order valence-electron chi connectivity index (χ4n) is 1.29. The Labute approximate surface area is 72.6 Å². The first-order chi connectivity index (χ1) is 5.75. The molecule has 0 aromatic carbocycles. The molecule has 1 rings (SSSR count). The number of rotatable bonds is 2. The van der Waals surface area contributed by atoms with Gasteiger partial charge in [0.2, 0.25) is 5.91 Å². The molecule has 1 amide bonds. The molecule has 70 valence electrons. The number of hydrogen-bond acceptors (Lipinski definition) is 3. The summed E-state index contributed by atoms with van der Waals surface area (Å²) in [6, 6.07) is 0. The van der Waals surface area contributed by atoms with Crippen LogP contribution >= 0.6 is 0 Å². The Kier molecular flexibility index (Phi) is 3.49. The van der Waals surface area contributed by atoms with Gasteiger partial charge in [-0.25, -0.2) is 5.84 Å². The monoisotopic (exact) mass is 172 g/mol. The maximum Gasteiger partial charge on any atom is 0.238 e. The van der Waals surface area contributed by atoms with Gasteiger partial charge in [0, 0.05) is 13.0 Å². The van der Waals surface area contributed by atoms with Crippen LogP contribution in [0.5, 0.6) is 0 Å². The van der Waals surface area contributed by atoms with Gasteiger partial charge >= 0.3 is 0 Å². The van der Waals surface area contributed by atoms with E-state index < -0.39 is 0 Å². The average Bonchev–Trinajstić information content (AvgIpc) is 2.17. The van der Waals surface area contributed by atoms with Crippen molar-refractivity contribution < 1.29 is 9.53 Å². The summed E-state index contributed by atoms with van der Waals surface area (Å²) in [6.07, 6.45) is 3.28. The Bertz CT molecular complexity index is 155. The molecule has 1 aliphatic heterocycles. The zero-order valence-electron chi connectivity index (χ0n) is 7.45. The molecule has 2 N–H and O–H groups in total. The van der Waals surface area contributed by atoms with Crippen molar-refractivity contribution in [2.45, 2.75) is 38.8 Å². The topological polar surface area (TPSA) is 55.6 Å². The van der Waals surface area contributed by atoms with Gasteiger partial charge in [0.1, 0.15) is 6.23 Å². The lowest BCUT2D eigenvalue weighted by Crippen LogP contribution is -2.47. The van der Waals surface area contributed by atoms with Gasteiger partial charge in [-0.05, 0) is 19.3 Å². The summed E-state index contributed by atoms with van der Waals surface area (Å²) in [4.78, 5) is 11.1. The summed E-state index contributed by atoms with van der Waals surface area (Å²) in [5.74, 6) is 5.51. The zero-order chi connectivity index (χ0) is 8.97. The van der Waals surface area contributed by atoms with Crippen molar-refractivity contribution in [2.24, 2.45) is 5.84 Å². The highest BCUT2D eigenvalue weighted by molar-refractivity contribution is 5.75. The van der Waals surface area contributed by atoms with Crippen molar-refractivity contribution in [1.82, 2.24) is 5.01 Å². The molecule has 1 unspecified atom stereocenters. The van der Waals surface area contributed by atoms with Gasteiger partial charge in [-0.15, -0.1) is 0 Å². The van der Waals surface area contributed by atoms with Crippen LogP contribution in [-0.2, 0) is 9.53 Å². The normalized spacial score (nSPS) is 23.7. The van der Waals surface area contributed by atoms with Crippen molar-refractivity contribution in [2.75, 3.05) is 6.61 Å². The summed E-state index contributed by atoms with van der Waals surface area (Å²) in [6.45, 7) is 2.51. The number of hydrogen-bond donors (Lipinski definition) is 1. The van der Waals surface area contributed by atoms with Crippen LogP contribution in [0.3, 0.4) is 0 Å². The molecule has 0 aliphatic carbocycles. The Morgan fingerprint density at radius 3 is 2.92 bits per heavy atom. The average molecular weight is 172 g/mol. The lowest BCUT2D eigenvalue weighted by atomic mass is 10.2. The molecule has 0 radical (unpaired) electrons. The van der Waals surface area contributed by atoms with Crippen LogP contribution in [0.4, 0.5) is 0 Å². The van der Waals surface area contributed by atoms with E-state index in [9.17, 15) is 4.79 Å². The SMILES string of the molecule is CCC(=O)N(N)C1CCCCO1. The molecule has 1 aliphatic rings. The molecule has 0 bridgehead atoms. The fourth-order valence-corrected chi connectivity index (χ4v) is 1.29. The van der Waals surface area contributed by atoms with E-state index in [4.69, 9.17) is 10.6 Å². The van der Waals surface area contributed by atoms with Gasteiger partial charge < -0.3 is 4.74 Å². The summed E-state index contributed by atoms with van der Waals surface area (Å²) in [5, 5.41) is 1.22. The molecular weight excluding hydrogens is 156 g/mol. The lowest BCUT2D eigenvalue weighted by molar-refractivity contribution is -0.151. The maximum atomic E-state index is 11.1. The third-order valence-electron chi connectivity index (χ3n) is 2.06. The van der Waals surface area contributed by atoms with Crippen LogP contribution in [0, 0.1) is 0 Å². The smallest absolute Gasteiger partial charge is 0.238 e. The minimum Gasteiger partial charge on any atom is -0.357 e. The first kappa shape index (κ1) is 9.48. The van der Waals surface area contributed by atoms with E-state index in [0.29, 0.717) is 6.42 Å². The van der Waals surface area contributed by atoms with Crippen molar-refractivity contribution in [3.8, 4) is 0 Å². The number of ether oxygens (including phenoxy) is 1. The minimum atomic E-state index is -0.189. The molecule has 0 aromatic rings. The minimum absolute atomic E-state index is 0.0538. The predicted octanol–water partition coefficient (Wildman–Crippen LogP) is 0.625. The first-order valence-corrected chi connectivity index (χ1v) is 4.44. The van der Waals surface area contributed by atoms with E-state index in [2.05, 4.69) is 0 Å². The largest absolute Gasteiger partial charge is 0.357 e. The standard InChI is InChI=1S/C8H16N2O2/c1-2-7(11)10(9)8-5-3-4-6-12-8/h8H,2-6,9H2,1H3. The van der Waals surface area contributed by atoms with Gasteiger partial charge in [-0.2, -0.15) is 0 Å². The van der Waals surface area contributed by atoms with Crippen molar-refractivity contribution >= 4 is 5.91 Å². The molecular formula is C8H16N2O2. The van der Waals surface area contributed by atoms with Crippen LogP contribution in [0.25, 0.3) is 0 Å². The van der Waals surface area contributed by atoms with Crippen molar-refractivity contribution in [3.63, 3.8) is 0 Å². The molecule has 0 saturated carbocycles. The summed E-state index contributed by atoms with van der Waals surface area (Å²) in [7, 11) is 0. The number of hydrazine groups is 1. The van der Waals surface area contributed by atoms with Gasteiger partial charge in [-0.3, -0.25) is 9.80 Å². The number of amides is 1. The molecule has 4 nitrogen and oxygen atoms in total. The highest BCUT2D eigenvalue weighted by Crippen LogP contribution is 2.14. The van der Waals surface area contributed by atoms with Gasteiger partial charge in [0.05, 0.1) is 0 Å². The maximum absolute atomic E-state index is 11.1. The fraction of sp³-hybridized carbons (Fsp3) is 0.875. The second kappa shape index (κ2) is 4.42. The second-order valence-corrected chi connectivity index (χ2v) is 2.98. The Balaban J connectivity index is 2.39. The van der Waals surface area contributed by atoms with E-state index in [1.807, 2.05) is 0 Å². The summed E-state index contributed by atoms with van der Waals surface area (Å²) < 4.78 is 5.34. The van der Waals surface area contributed by atoms with Crippen LogP contribution in [0.2, 0.25) is 0 Å². The molecule has 12 heavy (non-hydrogen) atoms. The van der Waals surface area contributed by atoms with E-state index >= 15 is 0 Å². The Hall–Kier alpha value is -0.610. The summed E-state index contributed by atoms with van der Waals surface area (Å²) >= 11 is 0. The third-order valence-corrected chi connectivity index (χ3v) is 2.06. The Morgan fingerprint density at radius 2 is 2.42 bits per heavy atom. The molecule has 1 heterocycles. The molecule has 4 heteroatoms. The van der Waals surface area contributed by atoms with Crippen LogP contribution in [0.15, 0.2) is 0 Å². The number of nitrogens with two attached hydrogens (primary N) is 1. The van der Waals surface area contributed by atoms with Gasteiger partial charge in [0.15, 0.2) is 0 Å². The van der Waals surface area contributed by atoms with Crippen LogP contribution < -0.4 is 5.84 Å². The summed E-state index contributed by atoms with van der Waals surface area (Å²) in [5.41, 5.74) is 0. The molecule has 1 saturated heterocycles. The quantitative estimate of drug-likeness (QED) is 0.377. The van der Waals surface area contributed by atoms with Crippen molar-refractivity contribution in [3.05, 3.63) is 0 Å². The van der Waals surface area contributed by atoms with Gasteiger partial charge in [-0.1, -0.05) is 6.92 Å². The highest BCUT2D eigenvalue weighted by Gasteiger charge is 2.21. The van der Waals surface area contributed by atoms with E-state index in [1.54, 1.807) is 6.92 Å². The predicted molar refractivity (Wildman–Crippen MR) is 44.9 cm³/mol. The van der Waals surface area contributed by atoms with Gasteiger partial charge in [0.25, 0.3) is 0 Å². The second-order valence-electron chi connectivity index (χ2n) is 2.98. The van der Waals surface area contributed by atoms with Crippen LogP contribution in [0.1, 0.15) is 32.6 Å². The lowest BCUT2D eigenvalue weighted by Gasteiger charge is -2.30. The Morgan fingerprint density at radius 1 is 1.67 bits per heavy atom. The number of nitrogens with zero attached hydrogens (tertiary/aromatic N) is 1. The molecule has 1 atom stereocenters. The van der Waals surface area contributed by atoms with E-state index in [1.165, 1.54) is 5.01 Å². The van der Waals surface area contributed by atoms with E-state index in [-0.39, 0.29) is 12.1 Å². The van der Waals surface area contributed by atoms with Crippen LogP contribution in [-0.4, -0.2) is 23.8 Å². The molecule has 1 fully saturated rings. The molecule has 0 spiro atoms.